The molecule has 4 nitrogen and oxygen atoms in total. The molecule has 0 atom stereocenters. The molecule has 0 spiro atoms. The first-order chi connectivity index (χ1) is 11.2. The van der Waals surface area contributed by atoms with Gasteiger partial charge in [0.1, 0.15) is 4.47 Å². The molecule has 23 heavy (non-hydrogen) atoms. The topological polar surface area (TPSA) is 49.0 Å². The second kappa shape index (κ2) is 7.24. The number of aromatic amines is 1. The molecule has 0 radical (unpaired) electrons. The van der Waals surface area contributed by atoms with Crippen LogP contribution in [0.3, 0.4) is 0 Å². The number of benzene rings is 2. The zero-order valence-electron chi connectivity index (χ0n) is 12.4. The predicted molar refractivity (Wildman–Crippen MR) is 95.3 cm³/mol. The molecule has 5 heteroatoms. The summed E-state index contributed by atoms with van der Waals surface area (Å²) in [5, 5.41) is 0. The summed E-state index contributed by atoms with van der Waals surface area (Å²) in [6.45, 7) is 1.34. The average Bonchev–Trinajstić information content (AvgIpc) is 2.59. The molecule has 0 amide bonds. The molecule has 0 aliphatic carbocycles. The van der Waals surface area contributed by atoms with Gasteiger partial charge in [0.25, 0.3) is 5.56 Å². The Morgan fingerprint density at radius 1 is 0.913 bits per heavy atom. The highest BCUT2D eigenvalue weighted by Crippen LogP contribution is 2.23. The minimum absolute atomic E-state index is 0.180. The van der Waals surface area contributed by atoms with Crippen molar-refractivity contribution in [3.8, 4) is 0 Å². The molecule has 1 N–H and O–H groups in total. The first-order valence-corrected chi connectivity index (χ1v) is 8.09. The fraction of sp³-hybridized carbons (Fsp3) is 0.111. The number of nitrogens with zero attached hydrogens (tertiary/aromatic N) is 2. The summed E-state index contributed by atoms with van der Waals surface area (Å²) in [6, 6.07) is 20.3. The molecule has 1 aromatic heterocycles. The van der Waals surface area contributed by atoms with Gasteiger partial charge in [-0.15, -0.1) is 0 Å². The van der Waals surface area contributed by atoms with Crippen LogP contribution in [-0.4, -0.2) is 9.97 Å². The fourth-order valence-corrected chi connectivity index (χ4v) is 2.87. The molecule has 0 aliphatic rings. The summed E-state index contributed by atoms with van der Waals surface area (Å²) >= 11 is 3.36. The smallest absolute Gasteiger partial charge is 0.267 e. The minimum atomic E-state index is -0.180. The maximum Gasteiger partial charge on any atom is 0.267 e. The van der Waals surface area contributed by atoms with E-state index in [1.54, 1.807) is 0 Å². The molecule has 0 aliphatic heterocycles. The Morgan fingerprint density at radius 2 is 1.43 bits per heavy atom. The largest absolute Gasteiger partial charge is 0.347 e. The quantitative estimate of drug-likeness (QED) is 0.745. The van der Waals surface area contributed by atoms with Gasteiger partial charge in [-0.2, -0.15) is 0 Å². The maximum atomic E-state index is 11.9. The zero-order chi connectivity index (χ0) is 16.1. The van der Waals surface area contributed by atoms with Gasteiger partial charge < -0.3 is 9.88 Å². The van der Waals surface area contributed by atoms with E-state index in [2.05, 4.69) is 55.1 Å². The molecule has 0 bridgehead atoms. The maximum absolute atomic E-state index is 11.9. The molecule has 0 saturated heterocycles. The Hall–Kier alpha value is -2.40. The van der Waals surface area contributed by atoms with Crippen LogP contribution in [-0.2, 0) is 13.1 Å². The summed E-state index contributed by atoms with van der Waals surface area (Å²) in [4.78, 5) is 20.9. The Morgan fingerprint density at radius 3 is 1.96 bits per heavy atom. The normalized spacial score (nSPS) is 10.5. The van der Waals surface area contributed by atoms with Gasteiger partial charge in [0.15, 0.2) is 5.82 Å². The van der Waals surface area contributed by atoms with Gasteiger partial charge >= 0.3 is 0 Å². The van der Waals surface area contributed by atoms with Gasteiger partial charge in [0.2, 0.25) is 0 Å². The first kappa shape index (κ1) is 15.5. The van der Waals surface area contributed by atoms with Gasteiger partial charge in [-0.1, -0.05) is 60.7 Å². The van der Waals surface area contributed by atoms with E-state index in [4.69, 9.17) is 0 Å². The van der Waals surface area contributed by atoms with E-state index in [1.165, 1.54) is 6.33 Å². The van der Waals surface area contributed by atoms with E-state index < -0.39 is 0 Å². The van der Waals surface area contributed by atoms with Gasteiger partial charge in [0.05, 0.1) is 6.33 Å². The second-order valence-corrected chi connectivity index (χ2v) is 5.99. The molecule has 3 aromatic rings. The zero-order valence-corrected chi connectivity index (χ0v) is 14.0. The third-order valence-electron chi connectivity index (χ3n) is 3.51. The van der Waals surface area contributed by atoms with E-state index in [9.17, 15) is 4.79 Å². The molecule has 1 heterocycles. The van der Waals surface area contributed by atoms with Crippen molar-refractivity contribution in [2.45, 2.75) is 13.1 Å². The van der Waals surface area contributed by atoms with Gasteiger partial charge in [0, 0.05) is 13.1 Å². The predicted octanol–water partition coefficient (Wildman–Crippen LogP) is 3.74. The van der Waals surface area contributed by atoms with Crippen molar-refractivity contribution in [2.24, 2.45) is 0 Å². The lowest BCUT2D eigenvalue weighted by Crippen LogP contribution is -2.26. The van der Waals surface area contributed by atoms with Crippen LogP contribution in [0.1, 0.15) is 11.1 Å². The number of rotatable bonds is 5. The minimum Gasteiger partial charge on any atom is -0.347 e. The van der Waals surface area contributed by atoms with Crippen LogP contribution in [0.15, 0.2) is 76.3 Å². The number of hydrogen-bond acceptors (Lipinski definition) is 3. The molecular weight excluding hydrogens is 354 g/mol. The summed E-state index contributed by atoms with van der Waals surface area (Å²) in [6.07, 6.45) is 1.44. The molecular formula is C18H16BrN3O. The van der Waals surface area contributed by atoms with E-state index >= 15 is 0 Å². The summed E-state index contributed by atoms with van der Waals surface area (Å²) in [5.41, 5.74) is 2.15. The highest BCUT2D eigenvalue weighted by atomic mass is 79.9. The number of anilines is 1. The summed E-state index contributed by atoms with van der Waals surface area (Å²) in [5.74, 6) is 0.640. The number of hydrogen-bond donors (Lipinski definition) is 1. The lowest BCUT2D eigenvalue weighted by atomic mass is 10.1. The summed E-state index contributed by atoms with van der Waals surface area (Å²) in [7, 11) is 0. The van der Waals surface area contributed by atoms with Gasteiger partial charge in [-0.3, -0.25) is 4.79 Å². The molecule has 0 unspecified atom stereocenters. The fourth-order valence-electron chi connectivity index (χ4n) is 2.41. The Bertz CT molecular complexity index is 777. The second-order valence-electron chi connectivity index (χ2n) is 5.20. The number of aromatic nitrogens is 2. The van der Waals surface area contributed by atoms with Crippen molar-refractivity contribution in [1.82, 2.24) is 9.97 Å². The van der Waals surface area contributed by atoms with Crippen molar-refractivity contribution in [2.75, 3.05) is 4.90 Å². The Kier molecular flexibility index (Phi) is 4.88. The molecule has 0 saturated carbocycles. The first-order valence-electron chi connectivity index (χ1n) is 7.30. The van der Waals surface area contributed by atoms with Crippen LogP contribution in [0, 0.1) is 0 Å². The number of halogens is 1. The summed E-state index contributed by atoms with van der Waals surface area (Å²) < 4.78 is 0.451. The van der Waals surface area contributed by atoms with E-state index in [-0.39, 0.29) is 5.56 Å². The van der Waals surface area contributed by atoms with E-state index in [0.717, 1.165) is 11.1 Å². The van der Waals surface area contributed by atoms with Crippen LogP contribution in [0.5, 0.6) is 0 Å². The third-order valence-corrected chi connectivity index (χ3v) is 4.22. The highest BCUT2D eigenvalue weighted by molar-refractivity contribution is 9.10. The lowest BCUT2D eigenvalue weighted by molar-refractivity contribution is 0.775. The SMILES string of the molecule is O=c1[nH]cnc(N(Cc2ccccc2)Cc2ccccc2)c1Br. The number of H-pyrrole nitrogens is 1. The van der Waals surface area contributed by atoms with Crippen molar-refractivity contribution in [1.29, 1.82) is 0 Å². The lowest BCUT2D eigenvalue weighted by Gasteiger charge is -2.24. The van der Waals surface area contributed by atoms with Gasteiger partial charge in [-0.25, -0.2) is 4.98 Å². The van der Waals surface area contributed by atoms with Crippen molar-refractivity contribution in [3.05, 3.63) is 92.9 Å². The van der Waals surface area contributed by atoms with Crippen LogP contribution in [0.4, 0.5) is 5.82 Å². The van der Waals surface area contributed by atoms with Gasteiger partial charge in [-0.05, 0) is 27.1 Å². The Balaban J connectivity index is 1.95. The van der Waals surface area contributed by atoms with Crippen molar-refractivity contribution < 1.29 is 0 Å². The highest BCUT2D eigenvalue weighted by Gasteiger charge is 2.15. The van der Waals surface area contributed by atoms with Crippen LogP contribution in [0.25, 0.3) is 0 Å². The van der Waals surface area contributed by atoms with Crippen LogP contribution < -0.4 is 10.5 Å². The van der Waals surface area contributed by atoms with Crippen molar-refractivity contribution in [3.63, 3.8) is 0 Å². The average molecular weight is 370 g/mol. The molecule has 116 valence electrons. The third kappa shape index (κ3) is 3.87. The standard InChI is InChI=1S/C18H16BrN3O/c19-16-17(20-13-21-18(16)23)22(11-14-7-3-1-4-8-14)12-15-9-5-2-6-10-15/h1-10,13H,11-12H2,(H,20,21,23). The van der Waals surface area contributed by atoms with Crippen LogP contribution >= 0.6 is 15.9 Å². The monoisotopic (exact) mass is 369 g/mol. The van der Waals surface area contributed by atoms with Crippen molar-refractivity contribution >= 4 is 21.7 Å². The van der Waals surface area contributed by atoms with E-state index in [1.807, 2.05) is 36.4 Å². The van der Waals surface area contributed by atoms with Crippen LogP contribution in [0.2, 0.25) is 0 Å². The molecule has 0 fully saturated rings. The number of nitrogens with one attached hydrogen (secondary N) is 1. The van der Waals surface area contributed by atoms with E-state index in [0.29, 0.717) is 23.4 Å². The molecule has 2 aromatic carbocycles. The molecule has 3 rings (SSSR count). The Labute approximate surface area is 143 Å².